The average Bonchev–Trinajstić information content (AvgIpc) is 3.19. The fourth-order valence-corrected chi connectivity index (χ4v) is 5.89. The van der Waals surface area contributed by atoms with Crippen molar-refractivity contribution in [2.24, 2.45) is 0 Å². The first-order valence-corrected chi connectivity index (χ1v) is 11.3. The van der Waals surface area contributed by atoms with Gasteiger partial charge in [-0.1, -0.05) is 36.4 Å². The van der Waals surface area contributed by atoms with Gasteiger partial charge in [0.25, 0.3) is 5.91 Å². The summed E-state index contributed by atoms with van der Waals surface area (Å²) in [5.74, 6) is -0.305. The van der Waals surface area contributed by atoms with Crippen molar-refractivity contribution in [3.63, 3.8) is 0 Å². The molecule has 1 aromatic heterocycles. The zero-order chi connectivity index (χ0) is 19.7. The summed E-state index contributed by atoms with van der Waals surface area (Å²) in [5.41, 5.74) is 3.95. The molecule has 0 radical (unpaired) electrons. The smallest absolute Gasteiger partial charge is 0.265 e. The van der Waals surface area contributed by atoms with Gasteiger partial charge >= 0.3 is 0 Å². The van der Waals surface area contributed by atoms with Crippen molar-refractivity contribution in [2.45, 2.75) is 24.8 Å². The molecule has 0 fully saturated rings. The van der Waals surface area contributed by atoms with Crippen molar-refractivity contribution in [2.75, 3.05) is 11.9 Å². The standard InChI is InChI=1S/C21H20N2O3S2/c1-15-5-4-8-18(11-15)22-21(24)20-12-19(14-27-20)28(25,26)23-10-9-16-6-2-3-7-17(16)13-23/h2-8,11-12,14H,9-10,13H2,1H3,(H,22,24). The summed E-state index contributed by atoms with van der Waals surface area (Å²) in [7, 11) is -3.63. The number of benzene rings is 2. The number of sulfonamides is 1. The number of aryl methyl sites for hydroxylation is 1. The molecule has 5 nitrogen and oxygen atoms in total. The first-order valence-electron chi connectivity index (χ1n) is 8.97. The maximum absolute atomic E-state index is 13.0. The van der Waals surface area contributed by atoms with Gasteiger partial charge in [0, 0.05) is 24.2 Å². The molecule has 0 aliphatic carbocycles. The highest BCUT2D eigenvalue weighted by Gasteiger charge is 2.29. The van der Waals surface area contributed by atoms with Gasteiger partial charge in [-0.15, -0.1) is 11.3 Å². The van der Waals surface area contributed by atoms with E-state index in [4.69, 9.17) is 0 Å². The molecule has 0 unspecified atom stereocenters. The number of carbonyl (C=O) groups is 1. The minimum Gasteiger partial charge on any atom is -0.321 e. The molecular weight excluding hydrogens is 392 g/mol. The number of anilines is 1. The third kappa shape index (κ3) is 3.73. The predicted octanol–water partition coefficient (Wildman–Crippen LogP) is 4.06. The number of carbonyl (C=O) groups excluding carboxylic acids is 1. The Bertz CT molecular complexity index is 1140. The topological polar surface area (TPSA) is 66.5 Å². The van der Waals surface area contributed by atoms with Crippen LogP contribution in [0.4, 0.5) is 5.69 Å². The van der Waals surface area contributed by atoms with Gasteiger partial charge in [-0.2, -0.15) is 4.31 Å². The lowest BCUT2D eigenvalue weighted by atomic mass is 10.0. The van der Waals surface area contributed by atoms with E-state index >= 15 is 0 Å². The minimum atomic E-state index is -3.63. The molecule has 1 aliphatic heterocycles. The van der Waals surface area contributed by atoms with Crippen LogP contribution in [-0.2, 0) is 23.0 Å². The van der Waals surface area contributed by atoms with Gasteiger partial charge in [0.15, 0.2) is 0 Å². The van der Waals surface area contributed by atoms with E-state index in [-0.39, 0.29) is 10.8 Å². The summed E-state index contributed by atoms with van der Waals surface area (Å²) in [6.07, 6.45) is 0.695. The molecule has 0 bridgehead atoms. The molecule has 2 heterocycles. The Kier molecular flexibility index (Phi) is 5.05. The molecular formula is C21H20N2O3S2. The van der Waals surface area contributed by atoms with Gasteiger partial charge in [-0.3, -0.25) is 4.79 Å². The molecule has 28 heavy (non-hydrogen) atoms. The fraction of sp³-hybridized carbons (Fsp3) is 0.190. The van der Waals surface area contributed by atoms with Crippen LogP contribution in [0.5, 0.6) is 0 Å². The third-order valence-electron chi connectivity index (χ3n) is 4.81. The first-order chi connectivity index (χ1) is 13.4. The molecule has 2 aromatic carbocycles. The van der Waals surface area contributed by atoms with E-state index in [1.165, 1.54) is 15.9 Å². The summed E-state index contributed by atoms with van der Waals surface area (Å²) in [5, 5.41) is 4.36. The number of fused-ring (bicyclic) bond motifs is 1. The van der Waals surface area contributed by atoms with Crippen LogP contribution in [-0.4, -0.2) is 25.2 Å². The summed E-state index contributed by atoms with van der Waals surface area (Å²) >= 11 is 1.14. The molecule has 1 amide bonds. The molecule has 0 atom stereocenters. The Morgan fingerprint density at radius 2 is 1.86 bits per heavy atom. The zero-order valence-corrected chi connectivity index (χ0v) is 17.0. The van der Waals surface area contributed by atoms with Gasteiger partial charge in [0.1, 0.15) is 0 Å². The van der Waals surface area contributed by atoms with Crippen LogP contribution in [0.1, 0.15) is 26.4 Å². The Labute approximate surface area is 168 Å². The Balaban J connectivity index is 1.52. The van der Waals surface area contributed by atoms with Crippen molar-refractivity contribution in [1.29, 1.82) is 0 Å². The summed E-state index contributed by atoms with van der Waals surface area (Å²) in [4.78, 5) is 13.0. The highest BCUT2D eigenvalue weighted by Crippen LogP contribution is 2.28. The Morgan fingerprint density at radius 1 is 1.07 bits per heavy atom. The van der Waals surface area contributed by atoms with Gasteiger partial charge in [0.2, 0.25) is 10.0 Å². The van der Waals surface area contributed by atoms with Crippen LogP contribution >= 0.6 is 11.3 Å². The second-order valence-corrected chi connectivity index (χ2v) is 9.68. The van der Waals surface area contributed by atoms with Crippen molar-refractivity contribution in [3.8, 4) is 0 Å². The Hall–Kier alpha value is -2.48. The summed E-state index contributed by atoms with van der Waals surface area (Å²) in [6, 6.07) is 16.9. The van der Waals surface area contributed by atoms with Crippen LogP contribution in [0.2, 0.25) is 0 Å². The molecule has 4 rings (SSSR count). The molecule has 0 spiro atoms. The quantitative estimate of drug-likeness (QED) is 0.703. The number of nitrogens with one attached hydrogen (secondary N) is 1. The minimum absolute atomic E-state index is 0.172. The molecule has 0 saturated heterocycles. The van der Waals surface area contributed by atoms with E-state index < -0.39 is 10.0 Å². The lowest BCUT2D eigenvalue weighted by molar-refractivity contribution is 0.103. The van der Waals surface area contributed by atoms with Crippen LogP contribution in [0.15, 0.2) is 64.9 Å². The summed E-state index contributed by atoms with van der Waals surface area (Å²) < 4.78 is 27.6. The van der Waals surface area contributed by atoms with E-state index in [1.807, 2.05) is 49.4 Å². The molecule has 0 saturated carbocycles. The van der Waals surface area contributed by atoms with Crippen LogP contribution in [0.25, 0.3) is 0 Å². The number of amides is 1. The Morgan fingerprint density at radius 3 is 2.64 bits per heavy atom. The normalized spacial score (nSPS) is 14.5. The van der Waals surface area contributed by atoms with E-state index in [0.29, 0.717) is 30.1 Å². The summed E-state index contributed by atoms with van der Waals surface area (Å²) in [6.45, 7) is 2.75. The zero-order valence-electron chi connectivity index (χ0n) is 15.4. The van der Waals surface area contributed by atoms with Crippen LogP contribution in [0, 0.1) is 6.92 Å². The second kappa shape index (κ2) is 7.50. The van der Waals surface area contributed by atoms with Crippen molar-refractivity contribution in [1.82, 2.24) is 4.31 Å². The molecule has 144 valence electrons. The number of rotatable bonds is 4. The maximum Gasteiger partial charge on any atom is 0.265 e. The first kappa shape index (κ1) is 18.9. The van der Waals surface area contributed by atoms with Crippen LogP contribution in [0.3, 0.4) is 0 Å². The van der Waals surface area contributed by atoms with Gasteiger partial charge < -0.3 is 5.32 Å². The van der Waals surface area contributed by atoms with E-state index in [0.717, 1.165) is 22.5 Å². The second-order valence-electron chi connectivity index (χ2n) is 6.83. The predicted molar refractivity (Wildman–Crippen MR) is 111 cm³/mol. The van der Waals surface area contributed by atoms with E-state index in [1.54, 1.807) is 11.4 Å². The molecule has 7 heteroatoms. The number of hydrogen-bond acceptors (Lipinski definition) is 4. The van der Waals surface area contributed by atoms with Gasteiger partial charge in [-0.25, -0.2) is 8.42 Å². The van der Waals surface area contributed by atoms with Gasteiger partial charge in [0.05, 0.1) is 9.77 Å². The largest absolute Gasteiger partial charge is 0.321 e. The van der Waals surface area contributed by atoms with Crippen molar-refractivity contribution >= 4 is 33.0 Å². The van der Waals surface area contributed by atoms with E-state index in [9.17, 15) is 13.2 Å². The monoisotopic (exact) mass is 412 g/mol. The maximum atomic E-state index is 13.0. The average molecular weight is 413 g/mol. The third-order valence-corrected chi connectivity index (χ3v) is 7.71. The van der Waals surface area contributed by atoms with Crippen LogP contribution < -0.4 is 5.32 Å². The van der Waals surface area contributed by atoms with E-state index in [2.05, 4.69) is 5.32 Å². The van der Waals surface area contributed by atoms with Crippen molar-refractivity contribution in [3.05, 3.63) is 81.5 Å². The fourth-order valence-electron chi connectivity index (χ4n) is 3.31. The SMILES string of the molecule is Cc1cccc(NC(=O)c2cc(S(=O)(=O)N3CCc4ccccc4C3)cs2)c1. The number of nitrogens with zero attached hydrogens (tertiary/aromatic N) is 1. The van der Waals surface area contributed by atoms with Gasteiger partial charge in [-0.05, 0) is 48.2 Å². The lowest BCUT2D eigenvalue weighted by Gasteiger charge is -2.27. The number of thiophene rings is 1. The molecule has 3 aromatic rings. The highest BCUT2D eigenvalue weighted by molar-refractivity contribution is 7.89. The number of hydrogen-bond donors (Lipinski definition) is 1. The molecule has 1 N–H and O–H groups in total. The highest BCUT2D eigenvalue weighted by atomic mass is 32.2. The van der Waals surface area contributed by atoms with Crippen molar-refractivity contribution < 1.29 is 13.2 Å². The molecule has 1 aliphatic rings. The lowest BCUT2D eigenvalue weighted by Crippen LogP contribution is -2.35.